The molecule has 0 unspecified atom stereocenters. The Hall–Kier alpha value is -9.94. The molecular formula is C70H75F2N17O5. The van der Waals surface area contributed by atoms with E-state index in [2.05, 4.69) is 93.6 Å². The molecule has 14 rings (SSSR count). The van der Waals surface area contributed by atoms with Gasteiger partial charge in [0.1, 0.15) is 23.0 Å². The van der Waals surface area contributed by atoms with Crippen molar-refractivity contribution in [2.75, 3.05) is 42.6 Å². The number of primary amides is 1. The third-order valence-electron chi connectivity index (χ3n) is 18.2. The van der Waals surface area contributed by atoms with E-state index in [1.165, 1.54) is 33.9 Å². The zero-order valence-electron chi connectivity index (χ0n) is 53.4. The number of carbonyl (C=O) groups excluding carboxylic acids is 2. The predicted octanol–water partition coefficient (Wildman–Crippen LogP) is 9.54. The average molecular weight is 1270 g/mol. The van der Waals surface area contributed by atoms with Crippen molar-refractivity contribution in [3.8, 4) is 11.4 Å². The molecular weight excluding hydrogens is 1200 g/mol. The number of nitrogens with zero attached hydrogens (tertiary/aromatic N) is 16. The Labute approximate surface area is 541 Å². The fourth-order valence-corrected chi connectivity index (χ4v) is 13.1. The number of piperidine rings is 2. The van der Waals surface area contributed by atoms with Gasteiger partial charge >= 0.3 is 5.97 Å². The number of amides is 1. The number of anilines is 2. The lowest BCUT2D eigenvalue weighted by molar-refractivity contribution is 0.0519. The summed E-state index contributed by atoms with van der Waals surface area (Å²) in [4.78, 5) is 79.4. The van der Waals surface area contributed by atoms with Crippen LogP contribution in [-0.2, 0) is 30.9 Å². The quantitative estimate of drug-likeness (QED) is 0.0741. The normalized spacial score (nSPS) is 16.6. The molecule has 0 bridgehead atoms. The molecule has 2 saturated heterocycles. The highest BCUT2D eigenvalue weighted by atomic mass is 19.1. The highest BCUT2D eigenvalue weighted by molar-refractivity contribution is 5.90. The third-order valence-corrected chi connectivity index (χ3v) is 18.2. The van der Waals surface area contributed by atoms with E-state index < -0.39 is 23.5 Å². The molecule has 2 aliphatic heterocycles. The first-order valence-corrected chi connectivity index (χ1v) is 32.2. The molecule has 8 aromatic heterocycles. The van der Waals surface area contributed by atoms with Crippen molar-refractivity contribution in [2.24, 2.45) is 5.73 Å². The maximum atomic E-state index is 15.8. The third kappa shape index (κ3) is 13.9. The fraction of sp³-hybridized carbons (Fsp3) is 0.371. The van der Waals surface area contributed by atoms with Crippen LogP contribution in [0.25, 0.3) is 33.2 Å². The Balaban J connectivity index is 0.000000171. The number of carbonyl (C=O) groups is 2. The minimum absolute atomic E-state index is 0.0179. The smallest absolute Gasteiger partial charge is 0.360 e. The predicted molar refractivity (Wildman–Crippen MR) is 352 cm³/mol. The lowest BCUT2D eigenvalue weighted by atomic mass is 10.0. The second kappa shape index (κ2) is 27.0. The molecule has 4 fully saturated rings. The van der Waals surface area contributed by atoms with Crippen molar-refractivity contribution in [1.29, 1.82) is 0 Å². The molecule has 2 aromatic carbocycles. The molecule has 2 atom stereocenters. The van der Waals surface area contributed by atoms with Gasteiger partial charge in [-0.05, 0) is 170 Å². The first-order valence-electron chi connectivity index (χ1n) is 32.2. The molecule has 0 radical (unpaired) electrons. The fourth-order valence-electron chi connectivity index (χ4n) is 13.1. The van der Waals surface area contributed by atoms with Crippen LogP contribution in [-0.4, -0.2) is 126 Å². The summed E-state index contributed by atoms with van der Waals surface area (Å²) in [6, 6.07) is 23.2. The van der Waals surface area contributed by atoms with Crippen LogP contribution in [0.5, 0.6) is 0 Å². The first-order chi connectivity index (χ1) is 45.5. The highest BCUT2D eigenvalue weighted by Gasteiger charge is 2.33. The van der Waals surface area contributed by atoms with Gasteiger partial charge in [-0.15, -0.1) is 10.2 Å². The van der Waals surface area contributed by atoms with E-state index in [0.29, 0.717) is 59.1 Å². The molecule has 10 heterocycles. The average Bonchev–Trinajstić information content (AvgIpc) is 1.64. The Morgan fingerprint density at radius 2 is 1.02 bits per heavy atom. The van der Waals surface area contributed by atoms with Crippen LogP contribution in [0.15, 0.2) is 132 Å². The number of pyridine rings is 6. The van der Waals surface area contributed by atoms with Crippen molar-refractivity contribution in [3.05, 3.63) is 211 Å². The van der Waals surface area contributed by atoms with Gasteiger partial charge in [0.15, 0.2) is 22.2 Å². The minimum Gasteiger partial charge on any atom is -0.461 e. The zero-order chi connectivity index (χ0) is 65.3. The SMILES string of the molecule is CCOC(=O)c1cn(-c2cc3c(cc2F)c(=O)c(CN(Cc2ccnc(C)c2)[C@H]2CCCN(c4ccc(C)nc4)C2)cn3C2CC2)nn1.Cc1ccc(N2CCC[C@H](N(Cc3ccnc(C)c3)Cc3cn(C4CC4)c4cc(-n5cc(C(N)=O)nn5)c(F)cc4c3=O)C2)cn1. The summed E-state index contributed by atoms with van der Waals surface area (Å²) in [5.74, 6) is -2.65. The van der Waals surface area contributed by atoms with E-state index in [-0.39, 0.29) is 64.4 Å². The Morgan fingerprint density at radius 1 is 0.564 bits per heavy atom. The van der Waals surface area contributed by atoms with Crippen LogP contribution in [0, 0.1) is 39.3 Å². The van der Waals surface area contributed by atoms with Gasteiger partial charge in [0.05, 0.1) is 53.8 Å². The van der Waals surface area contributed by atoms with E-state index in [1.54, 1.807) is 19.1 Å². The van der Waals surface area contributed by atoms with Gasteiger partial charge in [-0.2, -0.15) is 0 Å². The molecule has 94 heavy (non-hydrogen) atoms. The molecule has 10 aromatic rings. The number of hydrogen-bond acceptors (Lipinski definition) is 17. The second-order valence-electron chi connectivity index (χ2n) is 25.3. The van der Waals surface area contributed by atoms with Crippen LogP contribution in [0.3, 0.4) is 0 Å². The van der Waals surface area contributed by atoms with Crippen LogP contribution >= 0.6 is 0 Å². The molecule has 22 nitrogen and oxygen atoms in total. The van der Waals surface area contributed by atoms with E-state index in [4.69, 9.17) is 10.5 Å². The molecule has 1 amide bonds. The number of ether oxygens (including phenoxy) is 1. The monoisotopic (exact) mass is 1270 g/mol. The highest BCUT2D eigenvalue weighted by Crippen LogP contribution is 2.40. The number of nitrogens with two attached hydrogens (primary N) is 1. The van der Waals surface area contributed by atoms with E-state index in [0.717, 1.165) is 123 Å². The van der Waals surface area contributed by atoms with Crippen molar-refractivity contribution in [3.63, 3.8) is 0 Å². The number of esters is 1. The Morgan fingerprint density at radius 3 is 1.43 bits per heavy atom. The van der Waals surface area contributed by atoms with Crippen LogP contribution in [0.1, 0.15) is 136 Å². The summed E-state index contributed by atoms with van der Waals surface area (Å²) in [6.45, 7) is 15.5. The van der Waals surface area contributed by atoms with Crippen LogP contribution in [0.4, 0.5) is 20.2 Å². The molecule has 4 aliphatic rings. The zero-order valence-corrected chi connectivity index (χ0v) is 53.4. The van der Waals surface area contributed by atoms with Gasteiger partial charge in [0, 0.05) is 146 Å². The van der Waals surface area contributed by atoms with Gasteiger partial charge in [-0.3, -0.25) is 44.1 Å². The van der Waals surface area contributed by atoms with E-state index in [9.17, 15) is 19.2 Å². The Kier molecular flexibility index (Phi) is 18.0. The standard InChI is InChI=1S/C36H39FN8O3.C34H36FN9O2/c1-4-48-36(47)32-22-45(41-40-32)34-16-33-30(15-31(34)37)35(46)26(20-44(33)27-9-10-27)19-43(18-25-11-12-38-24(3)14-25)29-6-5-13-42(21-29)28-8-7-23(2)39-17-28;1-21-5-6-26(15-38-21)41-11-3-4-27(19-41)42(16-23-9-10-37-22(2)12-23)17-24-18-43(25-7-8-25)31-14-32(29(35)13-28(31)33(24)45)44-20-30(34(36)46)39-40-44/h7-8,11-12,14-17,20,22,27,29H,4-6,9-10,13,18-19,21H2,1-3H3;5-6,9-10,12-15,18,20,25,27H,3-4,7-8,11,16-17,19H2,1-2H3,(H2,36,46)/t29-;27-/m00/s1. The maximum Gasteiger partial charge on any atom is 0.360 e. The minimum atomic E-state index is -0.755. The molecule has 2 saturated carbocycles. The van der Waals surface area contributed by atoms with Gasteiger partial charge in [0.2, 0.25) is 0 Å². The van der Waals surface area contributed by atoms with Crippen molar-refractivity contribution < 1.29 is 23.1 Å². The van der Waals surface area contributed by atoms with Crippen molar-refractivity contribution in [2.45, 2.75) is 136 Å². The topological polar surface area (TPSA) is 239 Å². The van der Waals surface area contributed by atoms with Crippen LogP contribution < -0.4 is 26.4 Å². The number of aromatic nitrogens is 12. The number of halogens is 2. The largest absolute Gasteiger partial charge is 0.461 e. The summed E-state index contributed by atoms with van der Waals surface area (Å²) < 4.78 is 43.0. The van der Waals surface area contributed by atoms with Crippen LogP contribution in [0.2, 0.25) is 0 Å². The Bertz CT molecular complexity index is 4580. The number of rotatable bonds is 19. The lowest BCUT2D eigenvalue weighted by Gasteiger charge is -2.40. The van der Waals surface area contributed by atoms with Gasteiger partial charge in [-0.25, -0.2) is 22.9 Å². The van der Waals surface area contributed by atoms with Gasteiger partial charge < -0.3 is 29.4 Å². The summed E-state index contributed by atoms with van der Waals surface area (Å²) in [6.07, 6.45) is 22.0. The van der Waals surface area contributed by atoms with Crippen molar-refractivity contribution >= 4 is 45.1 Å². The summed E-state index contributed by atoms with van der Waals surface area (Å²) in [5.41, 5.74) is 15.9. The van der Waals surface area contributed by atoms with E-state index in [1.807, 2.05) is 89.1 Å². The number of hydrogen-bond donors (Lipinski definition) is 1. The maximum absolute atomic E-state index is 15.8. The molecule has 2 aliphatic carbocycles. The molecule has 24 heteroatoms. The summed E-state index contributed by atoms with van der Waals surface area (Å²) >= 11 is 0. The molecule has 484 valence electrons. The summed E-state index contributed by atoms with van der Waals surface area (Å²) in [5, 5.41) is 16.1. The second-order valence-corrected chi connectivity index (χ2v) is 25.3. The number of aryl methyl sites for hydroxylation is 4. The van der Waals surface area contributed by atoms with Crippen molar-refractivity contribution in [1.82, 2.24) is 68.9 Å². The lowest BCUT2D eigenvalue weighted by Crippen LogP contribution is -2.48. The molecule has 0 spiro atoms. The van der Waals surface area contributed by atoms with E-state index >= 15 is 8.78 Å². The number of fused-ring (bicyclic) bond motifs is 2. The first kappa shape index (κ1) is 62.8. The number of benzene rings is 2. The summed E-state index contributed by atoms with van der Waals surface area (Å²) in [7, 11) is 0. The van der Waals surface area contributed by atoms with Gasteiger partial charge in [-0.1, -0.05) is 10.4 Å². The van der Waals surface area contributed by atoms with Gasteiger partial charge in [0.25, 0.3) is 5.91 Å². The molecule has 2 N–H and O–H groups in total.